The number of non-ortho nitro benzene ring substituents is 1. The van der Waals surface area contributed by atoms with Crippen LogP contribution in [0.3, 0.4) is 0 Å². The van der Waals surface area contributed by atoms with Crippen LogP contribution < -0.4 is 15.2 Å². The molecular weight excluding hydrogens is 472 g/mol. The summed E-state index contributed by atoms with van der Waals surface area (Å²) >= 11 is 0. The van der Waals surface area contributed by atoms with Crippen molar-refractivity contribution in [2.45, 2.75) is 56.9 Å². The van der Waals surface area contributed by atoms with E-state index in [-0.39, 0.29) is 0 Å². The Hall–Kier alpha value is -3.93. The number of nitro benzene ring substituents is 3. The fraction of sp³-hybridized carbons (Fsp3) is 0.458. The van der Waals surface area contributed by atoms with Crippen LogP contribution >= 0.6 is 0 Å². The second-order valence-electron chi connectivity index (χ2n) is 9.11. The number of nitrogens with zero attached hydrogens (tertiary/aromatic N) is 3. The lowest BCUT2D eigenvalue weighted by molar-refractivity contribution is -0.420. The van der Waals surface area contributed by atoms with Gasteiger partial charge in [-0.1, -0.05) is 25.0 Å². The highest BCUT2D eigenvalue weighted by atomic mass is 16.6. The van der Waals surface area contributed by atoms with E-state index < -0.39 is 37.6 Å². The summed E-state index contributed by atoms with van der Waals surface area (Å²) in [7, 11) is 1.76. The Morgan fingerprint density at radius 1 is 1.00 bits per heavy atom. The van der Waals surface area contributed by atoms with Crippen LogP contribution in [0.2, 0.25) is 0 Å². The Bertz CT molecular complexity index is 1110. The van der Waals surface area contributed by atoms with E-state index >= 15 is 0 Å². The van der Waals surface area contributed by atoms with Crippen molar-refractivity contribution in [1.82, 2.24) is 5.32 Å². The predicted molar refractivity (Wildman–Crippen MR) is 129 cm³/mol. The molecule has 0 aromatic heterocycles. The first kappa shape index (κ1) is 26.7. The molecule has 2 aromatic carbocycles. The zero-order valence-electron chi connectivity index (χ0n) is 20.1. The Balaban J connectivity index is 0.000000207. The maximum Gasteiger partial charge on any atom is 0.283 e. The highest BCUT2D eigenvalue weighted by Gasteiger charge is 2.45. The lowest BCUT2D eigenvalue weighted by atomic mass is 9.64. The smallest absolute Gasteiger partial charge is 0.283 e. The number of hydrogen-bond acceptors (Lipinski definition) is 9. The van der Waals surface area contributed by atoms with E-state index in [9.17, 15) is 35.4 Å². The minimum atomic E-state index is -1.46. The van der Waals surface area contributed by atoms with E-state index in [0.29, 0.717) is 23.6 Å². The molecule has 1 saturated heterocycles. The van der Waals surface area contributed by atoms with E-state index in [1.165, 1.54) is 44.1 Å². The summed E-state index contributed by atoms with van der Waals surface area (Å²) in [5.74, 6) is 1.13. The van der Waals surface area contributed by atoms with Gasteiger partial charge in [0, 0.05) is 11.5 Å². The summed E-state index contributed by atoms with van der Waals surface area (Å²) in [6, 6.07) is 10.2. The zero-order chi connectivity index (χ0) is 26.5. The summed E-state index contributed by atoms with van der Waals surface area (Å²) in [5.41, 5.74) is -1.48. The lowest BCUT2D eigenvalue weighted by Crippen LogP contribution is -2.49. The second kappa shape index (κ2) is 11.2. The molecule has 2 aromatic rings. The third-order valence-electron chi connectivity index (χ3n) is 6.96. The van der Waals surface area contributed by atoms with Gasteiger partial charge in [0.15, 0.2) is 0 Å². The minimum absolute atomic E-state index is 0.310. The molecule has 1 heterocycles. The standard InChI is InChI=1S/C18H26NO.C6H3N3O7/c1-14-9-11-18(10-4-3-8-17(18)19-13-14)15-6-5-7-16(12-15)20-2;10-6-4(8(13)14)1-3(7(11)12)2-5(6)9(15)16/h5-7,12,17,19H,3-4,8-11,13H2,1-2H3;1-2,10H/q+1;/p-1/t17-,18+;/m1./s1. The molecule has 1 aliphatic carbocycles. The van der Waals surface area contributed by atoms with Crippen molar-refractivity contribution in [3.8, 4) is 11.5 Å². The van der Waals surface area contributed by atoms with Crippen molar-refractivity contribution in [1.29, 1.82) is 0 Å². The van der Waals surface area contributed by atoms with Gasteiger partial charge in [-0.3, -0.25) is 35.7 Å². The third-order valence-corrected chi connectivity index (χ3v) is 6.96. The van der Waals surface area contributed by atoms with E-state index in [4.69, 9.17) is 4.74 Å². The molecule has 4 rings (SSSR count). The first-order chi connectivity index (χ1) is 17.1. The molecule has 2 aliphatic rings. The molecule has 12 nitrogen and oxygen atoms in total. The van der Waals surface area contributed by atoms with E-state index in [2.05, 4.69) is 36.5 Å². The van der Waals surface area contributed by atoms with Gasteiger partial charge in [-0.25, -0.2) is 0 Å². The van der Waals surface area contributed by atoms with E-state index in [1.54, 1.807) is 13.0 Å². The Kier molecular flexibility index (Phi) is 8.30. The summed E-state index contributed by atoms with van der Waals surface area (Å²) < 4.78 is 5.45. The average Bonchev–Trinajstić information content (AvgIpc) is 3.04. The highest BCUT2D eigenvalue weighted by molar-refractivity contribution is 5.64. The number of nitro groups is 3. The molecule has 2 fully saturated rings. The predicted octanol–water partition coefficient (Wildman–Crippen LogP) is 4.34. The number of hydrogen-bond donors (Lipinski definition) is 1. The van der Waals surface area contributed by atoms with Gasteiger partial charge in [0.1, 0.15) is 18.2 Å². The van der Waals surface area contributed by atoms with Gasteiger partial charge in [-0.05, 0) is 37.0 Å². The van der Waals surface area contributed by atoms with Crippen LogP contribution in [0.1, 0.15) is 51.0 Å². The number of methoxy groups -OCH3 is 1. The van der Waals surface area contributed by atoms with Gasteiger partial charge in [0.05, 0.1) is 53.1 Å². The van der Waals surface area contributed by atoms with Crippen LogP contribution in [0, 0.1) is 36.3 Å². The summed E-state index contributed by atoms with van der Waals surface area (Å²) in [5, 5.41) is 45.9. The minimum Gasteiger partial charge on any atom is -0.863 e. The summed E-state index contributed by atoms with van der Waals surface area (Å²) in [4.78, 5) is 27.5. The van der Waals surface area contributed by atoms with Gasteiger partial charge < -0.3 is 9.84 Å². The largest absolute Gasteiger partial charge is 0.863 e. The van der Waals surface area contributed by atoms with Crippen LogP contribution in [0.4, 0.5) is 17.1 Å². The van der Waals surface area contributed by atoms with Crippen LogP contribution in [-0.2, 0) is 5.41 Å². The van der Waals surface area contributed by atoms with Crippen molar-refractivity contribution in [3.63, 3.8) is 0 Å². The number of ether oxygens (including phenoxy) is 1. The van der Waals surface area contributed by atoms with Crippen molar-refractivity contribution in [3.05, 3.63) is 78.2 Å². The van der Waals surface area contributed by atoms with Crippen molar-refractivity contribution in [2.24, 2.45) is 0 Å². The second-order valence-corrected chi connectivity index (χ2v) is 9.11. The number of benzene rings is 2. The fourth-order valence-corrected chi connectivity index (χ4v) is 5.04. The van der Waals surface area contributed by atoms with E-state index in [1.807, 2.05) is 0 Å². The van der Waals surface area contributed by atoms with Gasteiger partial charge >= 0.3 is 0 Å². The topological polar surface area (TPSA) is 174 Å². The van der Waals surface area contributed by atoms with Crippen LogP contribution in [0.25, 0.3) is 0 Å². The quantitative estimate of drug-likeness (QED) is 0.356. The molecule has 36 heavy (non-hydrogen) atoms. The number of fused-ring (bicyclic) bond motifs is 1. The van der Waals surface area contributed by atoms with Gasteiger partial charge in [-0.2, -0.15) is 0 Å². The van der Waals surface area contributed by atoms with Crippen LogP contribution in [0.5, 0.6) is 11.5 Å². The molecule has 0 radical (unpaired) electrons. The molecule has 0 amide bonds. The Morgan fingerprint density at radius 2 is 1.67 bits per heavy atom. The number of rotatable bonds is 5. The monoisotopic (exact) mass is 500 g/mol. The molecule has 1 N–H and O–H groups in total. The molecule has 1 saturated carbocycles. The average molecular weight is 501 g/mol. The van der Waals surface area contributed by atoms with Crippen molar-refractivity contribution < 1.29 is 24.6 Å². The Labute approximate surface area is 207 Å². The van der Waals surface area contributed by atoms with Crippen molar-refractivity contribution >= 4 is 17.1 Å². The maximum atomic E-state index is 11.1. The zero-order valence-corrected chi connectivity index (χ0v) is 20.1. The maximum absolute atomic E-state index is 11.1. The normalized spacial score (nSPS) is 21.3. The van der Waals surface area contributed by atoms with Gasteiger partial charge in [0.25, 0.3) is 17.1 Å². The molecule has 1 aliphatic heterocycles. The summed E-state index contributed by atoms with van der Waals surface area (Å²) in [6.45, 7) is 3.39. The lowest BCUT2D eigenvalue weighted by Gasteiger charge is -2.43. The third kappa shape index (κ3) is 5.65. The molecule has 0 spiro atoms. The Morgan fingerprint density at radius 3 is 2.25 bits per heavy atom. The first-order valence-electron chi connectivity index (χ1n) is 11.6. The van der Waals surface area contributed by atoms with Crippen molar-refractivity contribution in [2.75, 3.05) is 13.7 Å². The van der Waals surface area contributed by atoms with E-state index in [0.717, 1.165) is 12.3 Å². The molecule has 2 atom stereocenters. The molecule has 0 unspecified atom stereocenters. The number of nitrogens with one attached hydrogen (secondary N) is 1. The fourth-order valence-electron chi connectivity index (χ4n) is 5.04. The van der Waals surface area contributed by atoms with Gasteiger partial charge in [-0.15, -0.1) is 0 Å². The van der Waals surface area contributed by atoms with Gasteiger partial charge in [0.2, 0.25) is 0 Å². The molecular formula is C24H28N4O8. The highest BCUT2D eigenvalue weighted by Crippen LogP contribution is 2.46. The molecule has 0 bridgehead atoms. The van der Waals surface area contributed by atoms with Crippen LogP contribution in [-0.4, -0.2) is 34.5 Å². The first-order valence-corrected chi connectivity index (χ1v) is 11.6. The summed E-state index contributed by atoms with van der Waals surface area (Å²) in [6.07, 6.45) is 7.87. The molecule has 192 valence electrons. The van der Waals surface area contributed by atoms with Crippen LogP contribution in [0.15, 0.2) is 36.4 Å². The SMILES string of the molecule is COc1cccc([C@@]23CCCC[C@H]2NC[C+](C)CC3)c1.O=[N+]([O-])c1cc([N+](=O)[O-])c([O-])c([N+](=O)[O-])c1. The molecule has 12 heteroatoms.